The Balaban J connectivity index is 1.87. The number of H-pyrrole nitrogens is 1. The van der Waals surface area contributed by atoms with Crippen LogP contribution in [0.25, 0.3) is 10.9 Å². The van der Waals surface area contributed by atoms with E-state index in [1.807, 2.05) is 30.5 Å². The van der Waals surface area contributed by atoms with Crippen LogP contribution in [0.1, 0.15) is 18.4 Å². The van der Waals surface area contributed by atoms with Crippen molar-refractivity contribution >= 4 is 26.8 Å². The maximum Gasteiger partial charge on any atom is 0.241 e. The third-order valence-electron chi connectivity index (χ3n) is 4.17. The molecular weight excluding hydrogens is 314 g/mol. The van der Waals surface area contributed by atoms with Gasteiger partial charge in [0.15, 0.2) is 0 Å². The lowest BCUT2D eigenvalue weighted by molar-refractivity contribution is -0.131. The minimum atomic E-state index is -3.46. The van der Waals surface area contributed by atoms with Gasteiger partial charge in [0, 0.05) is 30.2 Å². The van der Waals surface area contributed by atoms with Crippen molar-refractivity contribution in [3.05, 3.63) is 36.0 Å². The molecule has 1 aromatic heterocycles. The lowest BCUT2D eigenvalue weighted by Crippen LogP contribution is -2.48. The molecule has 23 heavy (non-hydrogen) atoms. The largest absolute Gasteiger partial charge is 0.361 e. The predicted molar refractivity (Wildman–Crippen MR) is 89.6 cm³/mol. The van der Waals surface area contributed by atoms with E-state index in [0.717, 1.165) is 35.6 Å². The normalized spacial score (nSPS) is 16.8. The number of aromatic nitrogens is 1. The third-order valence-corrected chi connectivity index (χ3v) is 4.88. The molecule has 1 amide bonds. The summed E-state index contributed by atoms with van der Waals surface area (Å²) in [6.45, 7) is 1.41. The zero-order chi connectivity index (χ0) is 16.4. The number of rotatable bonds is 5. The van der Waals surface area contributed by atoms with Crippen molar-refractivity contribution in [2.75, 3.05) is 19.3 Å². The molecule has 1 saturated heterocycles. The molecule has 1 aromatic carbocycles. The van der Waals surface area contributed by atoms with Crippen LogP contribution in [-0.2, 0) is 21.2 Å². The second-order valence-corrected chi connectivity index (χ2v) is 7.82. The number of aromatic amines is 1. The second kappa shape index (κ2) is 6.33. The van der Waals surface area contributed by atoms with Gasteiger partial charge >= 0.3 is 0 Å². The Hall–Kier alpha value is -1.86. The number of benzene rings is 1. The third kappa shape index (κ3) is 3.73. The van der Waals surface area contributed by atoms with Crippen LogP contribution in [0, 0.1) is 0 Å². The molecule has 0 bridgehead atoms. The van der Waals surface area contributed by atoms with Crippen LogP contribution in [0.15, 0.2) is 30.5 Å². The highest BCUT2D eigenvalue weighted by molar-refractivity contribution is 7.88. The van der Waals surface area contributed by atoms with Crippen molar-refractivity contribution in [2.45, 2.75) is 25.3 Å². The Morgan fingerprint density at radius 1 is 1.30 bits per heavy atom. The van der Waals surface area contributed by atoms with Crippen LogP contribution in [0.5, 0.6) is 0 Å². The van der Waals surface area contributed by atoms with Crippen LogP contribution in [0.2, 0.25) is 0 Å². The average molecular weight is 335 g/mol. The van der Waals surface area contributed by atoms with Crippen molar-refractivity contribution < 1.29 is 13.2 Å². The van der Waals surface area contributed by atoms with Gasteiger partial charge in [0.25, 0.3) is 0 Å². The van der Waals surface area contributed by atoms with Gasteiger partial charge in [-0.25, -0.2) is 13.1 Å². The summed E-state index contributed by atoms with van der Waals surface area (Å²) in [4.78, 5) is 17.6. The van der Waals surface area contributed by atoms with Gasteiger partial charge in [-0.1, -0.05) is 18.2 Å². The van der Waals surface area contributed by atoms with Crippen molar-refractivity contribution in [3.8, 4) is 0 Å². The first-order valence-electron chi connectivity index (χ1n) is 7.75. The Morgan fingerprint density at radius 2 is 2.00 bits per heavy atom. The van der Waals surface area contributed by atoms with Gasteiger partial charge in [0.05, 0.1) is 6.26 Å². The maximum absolute atomic E-state index is 12.7. The highest BCUT2D eigenvalue weighted by atomic mass is 32.2. The molecule has 2 aromatic rings. The maximum atomic E-state index is 12.7. The highest BCUT2D eigenvalue weighted by Gasteiger charge is 2.29. The Kier molecular flexibility index (Phi) is 4.41. The van der Waals surface area contributed by atoms with Gasteiger partial charge in [0.1, 0.15) is 6.04 Å². The molecule has 0 radical (unpaired) electrons. The number of likely N-dealkylation sites (tertiary alicyclic amines) is 1. The van der Waals surface area contributed by atoms with Crippen LogP contribution >= 0.6 is 0 Å². The molecule has 1 fully saturated rings. The average Bonchev–Trinajstić information content (AvgIpc) is 3.14. The number of hydrogen-bond acceptors (Lipinski definition) is 3. The van der Waals surface area contributed by atoms with Crippen molar-refractivity contribution in [3.63, 3.8) is 0 Å². The molecule has 7 heteroatoms. The molecule has 1 atom stereocenters. The number of nitrogens with zero attached hydrogens (tertiary/aromatic N) is 1. The molecule has 1 aliphatic heterocycles. The van der Waals surface area contributed by atoms with E-state index in [0.29, 0.717) is 19.5 Å². The van der Waals surface area contributed by atoms with Gasteiger partial charge in [-0.05, 0) is 30.9 Å². The topological polar surface area (TPSA) is 82.3 Å². The van der Waals surface area contributed by atoms with Crippen LogP contribution in [0.4, 0.5) is 0 Å². The fourth-order valence-corrected chi connectivity index (χ4v) is 3.82. The zero-order valence-electron chi connectivity index (χ0n) is 13.1. The first-order valence-corrected chi connectivity index (χ1v) is 9.64. The minimum absolute atomic E-state index is 0.141. The smallest absolute Gasteiger partial charge is 0.241 e. The zero-order valence-corrected chi connectivity index (χ0v) is 13.9. The van der Waals surface area contributed by atoms with Crippen molar-refractivity contribution in [1.29, 1.82) is 0 Å². The molecule has 1 aliphatic rings. The molecule has 6 nitrogen and oxygen atoms in total. The number of sulfonamides is 1. The van der Waals surface area contributed by atoms with Crippen molar-refractivity contribution in [2.24, 2.45) is 0 Å². The molecule has 3 rings (SSSR count). The summed E-state index contributed by atoms with van der Waals surface area (Å²) in [5.74, 6) is -0.141. The fourth-order valence-electron chi connectivity index (χ4n) is 3.12. The molecule has 2 N–H and O–H groups in total. The van der Waals surface area contributed by atoms with Gasteiger partial charge in [-0.2, -0.15) is 0 Å². The van der Waals surface area contributed by atoms with Gasteiger partial charge in [-0.15, -0.1) is 0 Å². The van der Waals surface area contributed by atoms with E-state index in [1.165, 1.54) is 0 Å². The summed E-state index contributed by atoms with van der Waals surface area (Å²) in [5.41, 5.74) is 1.92. The summed E-state index contributed by atoms with van der Waals surface area (Å²) in [5, 5.41) is 1.02. The molecule has 0 aliphatic carbocycles. The quantitative estimate of drug-likeness (QED) is 0.863. The standard InChI is InChI=1S/C16H21N3O3S/c1-23(21,22)18-15(16(20)19-8-4-5-9-19)10-12-11-17-14-7-3-2-6-13(12)14/h2-3,6-7,11,15,17-18H,4-5,8-10H2,1H3/t15-/m0/s1. The van der Waals surface area contributed by atoms with Gasteiger partial charge in [0.2, 0.25) is 15.9 Å². The fraction of sp³-hybridized carbons (Fsp3) is 0.438. The molecule has 0 saturated carbocycles. The van der Waals surface area contributed by atoms with E-state index >= 15 is 0 Å². The van der Waals surface area contributed by atoms with E-state index in [2.05, 4.69) is 9.71 Å². The predicted octanol–water partition coefficient (Wildman–Crippen LogP) is 1.25. The van der Waals surface area contributed by atoms with E-state index in [9.17, 15) is 13.2 Å². The van der Waals surface area contributed by atoms with Gasteiger partial charge in [-0.3, -0.25) is 4.79 Å². The molecular formula is C16H21N3O3S. The molecule has 0 unspecified atom stereocenters. The number of nitrogens with one attached hydrogen (secondary N) is 2. The van der Waals surface area contributed by atoms with Crippen LogP contribution in [-0.4, -0.2) is 49.6 Å². The monoisotopic (exact) mass is 335 g/mol. The summed E-state index contributed by atoms with van der Waals surface area (Å²) in [6, 6.07) is 7.03. The number of carbonyl (C=O) groups is 1. The number of carbonyl (C=O) groups excluding carboxylic acids is 1. The Morgan fingerprint density at radius 3 is 2.70 bits per heavy atom. The van der Waals surface area contributed by atoms with Crippen molar-refractivity contribution in [1.82, 2.24) is 14.6 Å². The number of fused-ring (bicyclic) bond motifs is 1. The van der Waals surface area contributed by atoms with E-state index < -0.39 is 16.1 Å². The SMILES string of the molecule is CS(=O)(=O)N[C@@H](Cc1c[nH]c2ccccc12)C(=O)N1CCCC1. The summed E-state index contributed by atoms with van der Waals surface area (Å²) >= 11 is 0. The lowest BCUT2D eigenvalue weighted by Gasteiger charge is -2.23. The minimum Gasteiger partial charge on any atom is -0.361 e. The van der Waals surface area contributed by atoms with E-state index in [4.69, 9.17) is 0 Å². The first-order chi connectivity index (χ1) is 10.9. The summed E-state index contributed by atoms with van der Waals surface area (Å²) < 4.78 is 25.8. The Labute approximate surface area is 135 Å². The van der Waals surface area contributed by atoms with E-state index in [1.54, 1.807) is 4.90 Å². The summed E-state index contributed by atoms with van der Waals surface area (Å²) in [6.07, 6.45) is 5.23. The number of hydrogen-bond donors (Lipinski definition) is 2. The molecule has 0 spiro atoms. The Bertz CT molecular complexity index is 807. The summed E-state index contributed by atoms with van der Waals surface area (Å²) in [7, 11) is -3.46. The highest BCUT2D eigenvalue weighted by Crippen LogP contribution is 2.20. The molecule has 2 heterocycles. The number of para-hydroxylation sites is 1. The van der Waals surface area contributed by atoms with Crippen LogP contribution in [0.3, 0.4) is 0 Å². The van der Waals surface area contributed by atoms with E-state index in [-0.39, 0.29) is 5.91 Å². The second-order valence-electron chi connectivity index (χ2n) is 6.04. The lowest BCUT2D eigenvalue weighted by atomic mass is 10.0. The first kappa shape index (κ1) is 16.0. The van der Waals surface area contributed by atoms with Crippen LogP contribution < -0.4 is 4.72 Å². The molecule has 124 valence electrons. The van der Waals surface area contributed by atoms with Gasteiger partial charge < -0.3 is 9.88 Å². The number of amides is 1.